The highest BCUT2D eigenvalue weighted by Gasteiger charge is 2.44. The standard InChI is InChI=1S/C16H16F2N6O2/c17-16(18)8-2-1-3-13(16)15-20-14(26-21-15)9-25-12-6-4-11(5-7-12)24-10-19-22-23-24/h4-7,10,13H,1-3,8-9H2. The number of hydrogen-bond acceptors (Lipinski definition) is 7. The second-order valence-electron chi connectivity index (χ2n) is 6.14. The molecule has 3 aromatic rings. The Labute approximate surface area is 147 Å². The van der Waals surface area contributed by atoms with Gasteiger partial charge in [0.15, 0.2) is 12.4 Å². The highest BCUT2D eigenvalue weighted by molar-refractivity contribution is 5.36. The number of hydrogen-bond donors (Lipinski definition) is 0. The van der Waals surface area contributed by atoms with E-state index in [2.05, 4.69) is 25.7 Å². The number of benzene rings is 1. The van der Waals surface area contributed by atoms with Gasteiger partial charge >= 0.3 is 0 Å². The van der Waals surface area contributed by atoms with Gasteiger partial charge in [-0.3, -0.25) is 0 Å². The molecule has 1 aliphatic carbocycles. The molecule has 0 aliphatic heterocycles. The molecule has 2 heterocycles. The maximum atomic E-state index is 14.0. The predicted octanol–water partition coefficient (Wildman–Crippen LogP) is 2.92. The predicted molar refractivity (Wildman–Crippen MR) is 83.9 cm³/mol. The molecule has 0 spiro atoms. The minimum atomic E-state index is -2.79. The van der Waals surface area contributed by atoms with Crippen molar-refractivity contribution < 1.29 is 18.0 Å². The van der Waals surface area contributed by atoms with Gasteiger partial charge in [0.05, 0.1) is 11.6 Å². The van der Waals surface area contributed by atoms with Crippen molar-refractivity contribution in [2.45, 2.75) is 44.1 Å². The fraction of sp³-hybridized carbons (Fsp3) is 0.438. The fourth-order valence-corrected chi connectivity index (χ4v) is 3.00. The average molecular weight is 362 g/mol. The van der Waals surface area contributed by atoms with E-state index in [4.69, 9.17) is 9.26 Å². The number of aromatic nitrogens is 6. The topological polar surface area (TPSA) is 91.8 Å². The molecule has 1 atom stereocenters. The Morgan fingerprint density at radius 1 is 1.23 bits per heavy atom. The van der Waals surface area contributed by atoms with Crippen LogP contribution in [0.2, 0.25) is 0 Å². The van der Waals surface area contributed by atoms with Gasteiger partial charge in [-0.15, -0.1) is 5.10 Å². The van der Waals surface area contributed by atoms with Gasteiger partial charge in [0.25, 0.3) is 11.8 Å². The molecule has 26 heavy (non-hydrogen) atoms. The number of halogens is 2. The fourth-order valence-electron chi connectivity index (χ4n) is 3.00. The molecule has 1 aliphatic rings. The largest absolute Gasteiger partial charge is 0.484 e. The lowest BCUT2D eigenvalue weighted by atomic mass is 9.85. The van der Waals surface area contributed by atoms with Crippen LogP contribution in [0.15, 0.2) is 35.1 Å². The minimum Gasteiger partial charge on any atom is -0.484 e. The van der Waals surface area contributed by atoms with Crippen LogP contribution in [0.25, 0.3) is 5.69 Å². The summed E-state index contributed by atoms with van der Waals surface area (Å²) >= 11 is 0. The van der Waals surface area contributed by atoms with Crippen LogP contribution in [0, 0.1) is 0 Å². The van der Waals surface area contributed by atoms with Crippen LogP contribution in [-0.2, 0) is 6.61 Å². The van der Waals surface area contributed by atoms with Crippen molar-refractivity contribution in [3.63, 3.8) is 0 Å². The Morgan fingerprint density at radius 2 is 2.08 bits per heavy atom. The first kappa shape index (κ1) is 16.6. The van der Waals surface area contributed by atoms with Crippen LogP contribution < -0.4 is 4.74 Å². The molecule has 0 bridgehead atoms. The van der Waals surface area contributed by atoms with Crippen molar-refractivity contribution in [2.24, 2.45) is 0 Å². The molecule has 1 saturated carbocycles. The Morgan fingerprint density at radius 3 is 2.81 bits per heavy atom. The first-order chi connectivity index (χ1) is 12.6. The van der Waals surface area contributed by atoms with Crippen molar-refractivity contribution in [2.75, 3.05) is 0 Å². The summed E-state index contributed by atoms with van der Waals surface area (Å²) in [5, 5.41) is 14.6. The average Bonchev–Trinajstić information content (AvgIpc) is 3.32. The summed E-state index contributed by atoms with van der Waals surface area (Å²) < 4.78 is 40.2. The lowest BCUT2D eigenvalue weighted by Gasteiger charge is -2.28. The summed E-state index contributed by atoms with van der Waals surface area (Å²) in [6.45, 7) is 0.00944. The van der Waals surface area contributed by atoms with Crippen LogP contribution in [0.4, 0.5) is 8.78 Å². The summed E-state index contributed by atoms with van der Waals surface area (Å²) in [5.74, 6) is -2.96. The maximum Gasteiger partial charge on any atom is 0.264 e. The van der Waals surface area contributed by atoms with E-state index in [0.29, 0.717) is 18.6 Å². The van der Waals surface area contributed by atoms with Gasteiger partial charge in [0.2, 0.25) is 0 Å². The van der Waals surface area contributed by atoms with Crippen LogP contribution in [0.1, 0.15) is 43.3 Å². The van der Waals surface area contributed by atoms with Gasteiger partial charge in [-0.25, -0.2) is 13.5 Å². The summed E-state index contributed by atoms with van der Waals surface area (Å²) in [4.78, 5) is 4.09. The number of rotatable bonds is 5. The summed E-state index contributed by atoms with van der Waals surface area (Å²) in [6.07, 6.45) is 2.99. The second-order valence-corrected chi connectivity index (χ2v) is 6.14. The van der Waals surface area contributed by atoms with Crippen molar-refractivity contribution in [3.8, 4) is 11.4 Å². The third-order valence-electron chi connectivity index (χ3n) is 4.37. The number of ether oxygens (including phenoxy) is 1. The lowest BCUT2D eigenvalue weighted by Crippen LogP contribution is -2.30. The monoisotopic (exact) mass is 362 g/mol. The van der Waals surface area contributed by atoms with E-state index in [1.807, 2.05) is 0 Å². The van der Waals surface area contributed by atoms with Crippen molar-refractivity contribution in [1.82, 2.24) is 30.3 Å². The Kier molecular flexibility index (Phi) is 4.31. The Balaban J connectivity index is 1.39. The van der Waals surface area contributed by atoms with E-state index in [0.717, 1.165) is 12.1 Å². The second kappa shape index (κ2) is 6.77. The van der Waals surface area contributed by atoms with Crippen molar-refractivity contribution >= 4 is 0 Å². The maximum absolute atomic E-state index is 14.0. The van der Waals surface area contributed by atoms with E-state index < -0.39 is 11.8 Å². The molecule has 0 radical (unpaired) electrons. The van der Waals surface area contributed by atoms with Crippen LogP contribution in [0.5, 0.6) is 5.75 Å². The number of nitrogens with zero attached hydrogens (tertiary/aromatic N) is 6. The van der Waals surface area contributed by atoms with Gasteiger partial charge in [-0.05, 0) is 47.5 Å². The summed E-state index contributed by atoms with van der Waals surface area (Å²) in [7, 11) is 0. The molecule has 4 rings (SSSR count). The highest BCUT2D eigenvalue weighted by Crippen LogP contribution is 2.43. The zero-order valence-corrected chi connectivity index (χ0v) is 13.8. The lowest BCUT2D eigenvalue weighted by molar-refractivity contribution is -0.0576. The molecule has 136 valence electrons. The van der Waals surface area contributed by atoms with Gasteiger partial charge in [-0.1, -0.05) is 11.6 Å². The first-order valence-electron chi connectivity index (χ1n) is 8.28. The van der Waals surface area contributed by atoms with E-state index >= 15 is 0 Å². The molecular weight excluding hydrogens is 346 g/mol. The minimum absolute atomic E-state index is 0.00944. The Bertz CT molecular complexity index is 850. The zero-order chi connectivity index (χ0) is 18.0. The van der Waals surface area contributed by atoms with E-state index in [1.54, 1.807) is 24.3 Å². The van der Waals surface area contributed by atoms with E-state index in [-0.39, 0.29) is 24.7 Å². The third-order valence-corrected chi connectivity index (χ3v) is 4.37. The molecule has 8 nitrogen and oxygen atoms in total. The normalized spacial score (nSPS) is 19.4. The molecule has 1 unspecified atom stereocenters. The molecule has 2 aromatic heterocycles. The van der Waals surface area contributed by atoms with Crippen molar-refractivity contribution in [3.05, 3.63) is 42.3 Å². The molecule has 0 saturated heterocycles. The van der Waals surface area contributed by atoms with Gasteiger partial charge in [-0.2, -0.15) is 4.98 Å². The quantitative estimate of drug-likeness (QED) is 0.689. The Hall–Kier alpha value is -2.91. The number of alkyl halides is 2. The van der Waals surface area contributed by atoms with E-state index in [1.165, 1.54) is 11.0 Å². The molecule has 0 amide bonds. The molecule has 1 fully saturated rings. The highest BCUT2D eigenvalue weighted by atomic mass is 19.3. The smallest absolute Gasteiger partial charge is 0.264 e. The first-order valence-corrected chi connectivity index (χ1v) is 8.28. The van der Waals surface area contributed by atoms with Crippen LogP contribution >= 0.6 is 0 Å². The zero-order valence-electron chi connectivity index (χ0n) is 13.8. The SMILES string of the molecule is FC1(F)CCCCC1c1noc(COc2ccc(-n3cnnn3)cc2)n1. The van der Waals surface area contributed by atoms with Crippen molar-refractivity contribution in [1.29, 1.82) is 0 Å². The van der Waals surface area contributed by atoms with Crippen LogP contribution in [-0.4, -0.2) is 36.3 Å². The van der Waals surface area contributed by atoms with Gasteiger partial charge in [0, 0.05) is 6.42 Å². The summed E-state index contributed by atoms with van der Waals surface area (Å²) in [6, 6.07) is 7.05. The third kappa shape index (κ3) is 3.39. The van der Waals surface area contributed by atoms with E-state index in [9.17, 15) is 8.78 Å². The molecule has 0 N–H and O–H groups in total. The summed E-state index contributed by atoms with van der Waals surface area (Å²) in [5.41, 5.74) is 0.780. The molecule has 10 heteroatoms. The van der Waals surface area contributed by atoms with Crippen LogP contribution in [0.3, 0.4) is 0 Å². The van der Waals surface area contributed by atoms with Gasteiger partial charge in [0.1, 0.15) is 12.1 Å². The number of tetrazole rings is 1. The van der Waals surface area contributed by atoms with Gasteiger partial charge < -0.3 is 9.26 Å². The molecular formula is C16H16F2N6O2. The molecule has 1 aromatic carbocycles.